The molecule has 2 heterocycles. The van der Waals surface area contributed by atoms with Crippen LogP contribution in [0.25, 0.3) is 0 Å². The maximum Gasteiger partial charge on any atom is 0.0898 e. The fourth-order valence-electron chi connectivity index (χ4n) is 1.98. The Balaban J connectivity index is 1.77. The lowest BCUT2D eigenvalue weighted by molar-refractivity contribution is -0.0191. The number of thiazole rings is 1. The Morgan fingerprint density at radius 1 is 1.71 bits per heavy atom. The van der Waals surface area contributed by atoms with E-state index in [-0.39, 0.29) is 0 Å². The molecule has 96 valence electrons. The zero-order valence-corrected chi connectivity index (χ0v) is 11.6. The average Bonchev–Trinajstić information content (AvgIpc) is 2.73. The molecule has 1 fully saturated rings. The second kappa shape index (κ2) is 5.91. The Hall–Kier alpha value is -0.490. The molecule has 1 aromatic heterocycles. The summed E-state index contributed by atoms with van der Waals surface area (Å²) in [5.74, 6) is 0. The first-order chi connectivity index (χ1) is 8.15. The van der Waals surface area contributed by atoms with Gasteiger partial charge in [0.05, 0.1) is 23.4 Å². The minimum Gasteiger partial charge on any atom is -0.374 e. The lowest BCUT2D eigenvalue weighted by Crippen LogP contribution is -2.45. The van der Waals surface area contributed by atoms with Crippen molar-refractivity contribution in [3.63, 3.8) is 0 Å². The van der Waals surface area contributed by atoms with Gasteiger partial charge >= 0.3 is 0 Å². The van der Waals surface area contributed by atoms with Crippen molar-refractivity contribution in [2.45, 2.75) is 26.0 Å². The first-order valence-corrected chi connectivity index (χ1v) is 6.98. The minimum absolute atomic E-state index is 0.302. The zero-order valence-electron chi connectivity index (χ0n) is 10.8. The summed E-state index contributed by atoms with van der Waals surface area (Å²) < 4.78 is 5.72. The highest BCUT2D eigenvalue weighted by Gasteiger charge is 2.18. The number of hydrogen-bond acceptors (Lipinski definition) is 5. The molecule has 0 bridgehead atoms. The van der Waals surface area contributed by atoms with E-state index in [0.29, 0.717) is 12.1 Å². The molecule has 0 aromatic carbocycles. The number of likely N-dealkylation sites (N-methyl/N-ethyl adjacent to an activating group) is 1. The second-order valence-corrected chi connectivity index (χ2v) is 5.74. The summed E-state index contributed by atoms with van der Waals surface area (Å²) in [7, 11) is 2.14. The van der Waals surface area contributed by atoms with E-state index in [4.69, 9.17) is 4.74 Å². The number of ether oxygens (including phenoxy) is 1. The third-order valence-corrected chi connectivity index (χ3v) is 3.87. The molecule has 17 heavy (non-hydrogen) atoms. The molecule has 2 rings (SSSR count). The third kappa shape index (κ3) is 3.74. The predicted octanol–water partition coefficient (Wildman–Crippen LogP) is 1.43. The van der Waals surface area contributed by atoms with Gasteiger partial charge in [0.1, 0.15) is 0 Å². The van der Waals surface area contributed by atoms with Gasteiger partial charge in [0.25, 0.3) is 0 Å². The first kappa shape index (κ1) is 13.0. The number of nitrogens with zero attached hydrogens (tertiary/aromatic N) is 2. The van der Waals surface area contributed by atoms with Crippen molar-refractivity contribution in [1.29, 1.82) is 0 Å². The van der Waals surface area contributed by atoms with Crippen LogP contribution >= 0.6 is 11.3 Å². The highest BCUT2D eigenvalue weighted by molar-refractivity contribution is 7.09. The molecule has 5 heteroatoms. The van der Waals surface area contributed by atoms with Crippen LogP contribution in [0.15, 0.2) is 5.38 Å². The van der Waals surface area contributed by atoms with E-state index in [2.05, 4.69) is 34.6 Å². The molecule has 2 atom stereocenters. The van der Waals surface area contributed by atoms with E-state index in [9.17, 15) is 0 Å². The van der Waals surface area contributed by atoms with Crippen LogP contribution in [0, 0.1) is 6.92 Å². The van der Waals surface area contributed by atoms with E-state index in [1.54, 1.807) is 11.3 Å². The van der Waals surface area contributed by atoms with Crippen LogP contribution in [0.3, 0.4) is 0 Å². The van der Waals surface area contributed by atoms with Crippen LogP contribution in [-0.2, 0) is 4.74 Å². The lowest BCUT2D eigenvalue weighted by Gasteiger charge is -2.30. The maximum atomic E-state index is 5.72. The van der Waals surface area contributed by atoms with E-state index in [1.165, 1.54) is 0 Å². The molecule has 0 radical (unpaired) electrons. The van der Waals surface area contributed by atoms with Crippen molar-refractivity contribution in [3.8, 4) is 0 Å². The van der Waals surface area contributed by atoms with Crippen LogP contribution in [0.2, 0.25) is 0 Å². The van der Waals surface area contributed by atoms with Crippen LogP contribution in [-0.4, -0.2) is 49.3 Å². The summed E-state index contributed by atoms with van der Waals surface area (Å²) in [5.41, 5.74) is 1.14. The van der Waals surface area contributed by atoms with Crippen LogP contribution in [0.5, 0.6) is 0 Å². The minimum atomic E-state index is 0.302. The molecule has 0 saturated carbocycles. The normalized spacial score (nSPS) is 23.8. The third-order valence-electron chi connectivity index (χ3n) is 3.07. The standard InChI is InChI=1S/C12H21N3OS/c1-9(12-8-17-10(2)14-12)13-6-11-7-15(3)4-5-16-11/h8-9,11,13H,4-7H2,1-3H3. The molecular weight excluding hydrogens is 234 g/mol. The summed E-state index contributed by atoms with van der Waals surface area (Å²) in [4.78, 5) is 6.81. The van der Waals surface area contributed by atoms with Gasteiger partial charge in [0.2, 0.25) is 0 Å². The molecule has 1 aliphatic heterocycles. The largest absolute Gasteiger partial charge is 0.374 e. The molecule has 1 aliphatic rings. The van der Waals surface area contributed by atoms with E-state index >= 15 is 0 Å². The van der Waals surface area contributed by atoms with Crippen LogP contribution in [0.4, 0.5) is 0 Å². The van der Waals surface area contributed by atoms with Gasteiger partial charge in [-0.2, -0.15) is 0 Å². The monoisotopic (exact) mass is 255 g/mol. The van der Waals surface area contributed by atoms with Gasteiger partial charge in [-0.3, -0.25) is 0 Å². The van der Waals surface area contributed by atoms with Crippen LogP contribution < -0.4 is 5.32 Å². The zero-order chi connectivity index (χ0) is 12.3. The first-order valence-electron chi connectivity index (χ1n) is 6.10. The fourth-order valence-corrected chi connectivity index (χ4v) is 2.69. The summed E-state index contributed by atoms with van der Waals surface area (Å²) in [6.07, 6.45) is 0.302. The van der Waals surface area contributed by atoms with Gasteiger partial charge in [-0.15, -0.1) is 11.3 Å². The molecule has 4 nitrogen and oxygen atoms in total. The molecule has 0 spiro atoms. The predicted molar refractivity (Wildman–Crippen MR) is 70.5 cm³/mol. The van der Waals surface area contributed by atoms with Crippen molar-refractivity contribution >= 4 is 11.3 Å². The Kier molecular flexibility index (Phi) is 4.50. The number of morpholine rings is 1. The van der Waals surface area contributed by atoms with E-state index in [0.717, 1.165) is 36.9 Å². The molecule has 0 amide bonds. The lowest BCUT2D eigenvalue weighted by atomic mass is 10.2. The van der Waals surface area contributed by atoms with Crippen molar-refractivity contribution in [1.82, 2.24) is 15.2 Å². The number of hydrogen-bond donors (Lipinski definition) is 1. The average molecular weight is 255 g/mol. The van der Waals surface area contributed by atoms with Gasteiger partial charge in [-0.1, -0.05) is 0 Å². The van der Waals surface area contributed by atoms with Gasteiger partial charge in [-0.25, -0.2) is 4.98 Å². The van der Waals surface area contributed by atoms with Gasteiger partial charge in [0, 0.05) is 31.1 Å². The Labute approximate surface area is 107 Å². The summed E-state index contributed by atoms with van der Waals surface area (Å²) in [6.45, 7) is 7.98. The van der Waals surface area contributed by atoms with E-state index in [1.807, 2.05) is 6.92 Å². The molecule has 1 N–H and O–H groups in total. The Bertz CT molecular complexity index is 355. The summed E-state index contributed by atoms with van der Waals surface area (Å²) in [5, 5.41) is 6.75. The number of rotatable bonds is 4. The van der Waals surface area contributed by atoms with Gasteiger partial charge < -0.3 is 15.0 Å². The summed E-state index contributed by atoms with van der Waals surface area (Å²) >= 11 is 1.70. The molecular formula is C12H21N3OS. The molecule has 1 aromatic rings. The molecule has 1 saturated heterocycles. The Morgan fingerprint density at radius 3 is 3.18 bits per heavy atom. The molecule has 2 unspecified atom stereocenters. The topological polar surface area (TPSA) is 37.4 Å². The SMILES string of the molecule is Cc1nc(C(C)NCC2CN(C)CCO2)cs1. The van der Waals surface area contributed by atoms with Crippen molar-refractivity contribution in [2.75, 3.05) is 33.3 Å². The smallest absolute Gasteiger partial charge is 0.0898 e. The van der Waals surface area contributed by atoms with Gasteiger partial charge in [-0.05, 0) is 20.9 Å². The van der Waals surface area contributed by atoms with Crippen molar-refractivity contribution in [2.24, 2.45) is 0 Å². The van der Waals surface area contributed by atoms with E-state index < -0.39 is 0 Å². The quantitative estimate of drug-likeness (QED) is 0.883. The number of nitrogens with one attached hydrogen (secondary N) is 1. The van der Waals surface area contributed by atoms with Crippen LogP contribution in [0.1, 0.15) is 23.7 Å². The molecule has 0 aliphatic carbocycles. The summed E-state index contributed by atoms with van der Waals surface area (Å²) in [6, 6.07) is 0.302. The second-order valence-electron chi connectivity index (χ2n) is 4.68. The highest BCUT2D eigenvalue weighted by atomic mass is 32.1. The fraction of sp³-hybridized carbons (Fsp3) is 0.750. The Morgan fingerprint density at radius 2 is 2.53 bits per heavy atom. The van der Waals surface area contributed by atoms with Crippen molar-refractivity contribution in [3.05, 3.63) is 16.1 Å². The highest BCUT2D eigenvalue weighted by Crippen LogP contribution is 2.15. The number of aromatic nitrogens is 1. The van der Waals surface area contributed by atoms with Crippen molar-refractivity contribution < 1.29 is 4.74 Å². The van der Waals surface area contributed by atoms with Gasteiger partial charge in [0.15, 0.2) is 0 Å². The maximum absolute atomic E-state index is 5.72. The number of aryl methyl sites for hydroxylation is 1.